The van der Waals surface area contributed by atoms with Crippen LogP contribution in [0, 0.1) is 0 Å². The molecular weight excluding hydrogens is 495 g/mol. The van der Waals surface area contributed by atoms with E-state index in [9.17, 15) is 13.2 Å². The van der Waals surface area contributed by atoms with Gasteiger partial charge in [-0.15, -0.1) is 0 Å². The topological polar surface area (TPSA) is 94.5 Å². The number of piperidine rings is 1. The molecule has 1 aliphatic heterocycles. The fourth-order valence-corrected chi connectivity index (χ4v) is 4.85. The first-order chi connectivity index (χ1) is 18.2. The molecule has 0 unspecified atom stereocenters. The molecule has 2 aromatic heterocycles. The van der Waals surface area contributed by atoms with Crippen LogP contribution < -0.4 is 15.4 Å². The van der Waals surface area contributed by atoms with Gasteiger partial charge in [-0.3, -0.25) is 4.99 Å². The molecule has 38 heavy (non-hydrogen) atoms. The van der Waals surface area contributed by atoms with Crippen molar-refractivity contribution >= 4 is 17.1 Å². The average Bonchev–Trinajstić information content (AvgIpc) is 3.68. The quantitative estimate of drug-likeness (QED) is 0.496. The zero-order valence-electron chi connectivity index (χ0n) is 21.6. The van der Waals surface area contributed by atoms with Gasteiger partial charge in [-0.25, -0.2) is 15.0 Å². The summed E-state index contributed by atoms with van der Waals surface area (Å²) in [5.41, 5.74) is 11.5. The number of benzene rings is 1. The third-order valence-electron chi connectivity index (χ3n) is 6.92. The number of ether oxygens (including phenoxy) is 1. The molecule has 2 fully saturated rings. The van der Waals surface area contributed by atoms with E-state index in [1.165, 1.54) is 10.9 Å². The predicted molar refractivity (Wildman–Crippen MR) is 140 cm³/mol. The minimum Gasteiger partial charge on any atom is -0.477 e. The number of aliphatic imine (C=N–C) groups is 1. The van der Waals surface area contributed by atoms with E-state index in [0.29, 0.717) is 42.6 Å². The van der Waals surface area contributed by atoms with E-state index in [0.717, 1.165) is 53.8 Å². The van der Waals surface area contributed by atoms with Gasteiger partial charge in [0.2, 0.25) is 5.88 Å². The maximum atomic E-state index is 13.1. The van der Waals surface area contributed by atoms with Crippen molar-refractivity contribution in [3.8, 4) is 17.3 Å². The van der Waals surface area contributed by atoms with Crippen molar-refractivity contribution in [1.29, 1.82) is 0 Å². The highest BCUT2D eigenvalue weighted by Crippen LogP contribution is 2.44. The maximum Gasteiger partial charge on any atom is 0.434 e. The number of hydrogen-bond donors (Lipinski definition) is 1. The SMILES string of the molecule is CCOc1ncnc(C2CC2)c1/C(N)=C1\CN(c2ccc(-c3nc(C(F)(F)F)cn3C)cc2)CCC1=NC. The molecule has 0 atom stereocenters. The van der Waals surface area contributed by atoms with Crippen molar-refractivity contribution in [3.05, 3.63) is 59.3 Å². The second-order valence-corrected chi connectivity index (χ2v) is 9.49. The highest BCUT2D eigenvalue weighted by molar-refractivity contribution is 6.08. The van der Waals surface area contributed by atoms with E-state index in [-0.39, 0.29) is 5.82 Å². The molecule has 1 aromatic carbocycles. The lowest BCUT2D eigenvalue weighted by Gasteiger charge is -2.33. The number of hydrogen-bond acceptors (Lipinski definition) is 7. The van der Waals surface area contributed by atoms with Crippen LogP contribution in [0.4, 0.5) is 18.9 Å². The van der Waals surface area contributed by atoms with Crippen LogP contribution in [0.25, 0.3) is 17.1 Å². The van der Waals surface area contributed by atoms with Gasteiger partial charge in [0.25, 0.3) is 0 Å². The summed E-state index contributed by atoms with van der Waals surface area (Å²) < 4.78 is 46.5. The maximum absolute atomic E-state index is 13.1. The number of imidazole rings is 1. The fraction of sp³-hybridized carbons (Fsp3) is 0.407. The van der Waals surface area contributed by atoms with Gasteiger partial charge >= 0.3 is 6.18 Å². The molecule has 1 saturated carbocycles. The normalized spacial score (nSPS) is 18.7. The van der Waals surface area contributed by atoms with Gasteiger partial charge in [-0.05, 0) is 44.0 Å². The summed E-state index contributed by atoms with van der Waals surface area (Å²) in [6.45, 7) is 3.61. The second-order valence-electron chi connectivity index (χ2n) is 9.49. The fourth-order valence-electron chi connectivity index (χ4n) is 4.85. The number of nitrogens with zero attached hydrogens (tertiary/aromatic N) is 6. The van der Waals surface area contributed by atoms with Crippen molar-refractivity contribution in [2.24, 2.45) is 17.8 Å². The molecule has 1 aliphatic carbocycles. The summed E-state index contributed by atoms with van der Waals surface area (Å²) >= 11 is 0. The third kappa shape index (κ3) is 4.97. The van der Waals surface area contributed by atoms with Crippen LogP contribution >= 0.6 is 0 Å². The highest BCUT2D eigenvalue weighted by Gasteiger charge is 2.35. The first-order valence-corrected chi connectivity index (χ1v) is 12.6. The van der Waals surface area contributed by atoms with Crippen LogP contribution in [0.3, 0.4) is 0 Å². The van der Waals surface area contributed by atoms with Crippen LogP contribution in [-0.2, 0) is 13.2 Å². The van der Waals surface area contributed by atoms with Crippen molar-refractivity contribution in [2.45, 2.75) is 38.3 Å². The van der Waals surface area contributed by atoms with E-state index in [2.05, 4.69) is 24.8 Å². The first-order valence-electron chi connectivity index (χ1n) is 12.6. The Morgan fingerprint density at radius 3 is 2.53 bits per heavy atom. The Kier molecular flexibility index (Phi) is 6.85. The summed E-state index contributed by atoms with van der Waals surface area (Å²) in [5, 5.41) is 0. The summed E-state index contributed by atoms with van der Waals surface area (Å²) in [5.74, 6) is 1.09. The number of nitrogens with two attached hydrogens (primary N) is 1. The Morgan fingerprint density at radius 2 is 1.92 bits per heavy atom. The van der Waals surface area contributed by atoms with Gasteiger partial charge in [0, 0.05) is 68.3 Å². The Labute approximate surface area is 219 Å². The zero-order valence-corrected chi connectivity index (χ0v) is 21.6. The molecule has 5 rings (SSSR count). The Bertz CT molecular complexity index is 1390. The van der Waals surface area contributed by atoms with Crippen LogP contribution in [0.15, 0.2) is 47.4 Å². The number of halogens is 3. The summed E-state index contributed by atoms with van der Waals surface area (Å²) in [6.07, 6.45) is 0.856. The lowest BCUT2D eigenvalue weighted by Crippen LogP contribution is -2.37. The predicted octanol–water partition coefficient (Wildman–Crippen LogP) is 4.82. The van der Waals surface area contributed by atoms with E-state index in [4.69, 9.17) is 10.5 Å². The third-order valence-corrected chi connectivity index (χ3v) is 6.92. The smallest absolute Gasteiger partial charge is 0.434 e. The van der Waals surface area contributed by atoms with Crippen molar-refractivity contribution in [1.82, 2.24) is 19.5 Å². The lowest BCUT2D eigenvalue weighted by atomic mass is 9.95. The Hall–Kier alpha value is -3.89. The summed E-state index contributed by atoms with van der Waals surface area (Å²) in [7, 11) is 3.32. The van der Waals surface area contributed by atoms with E-state index >= 15 is 0 Å². The number of rotatable bonds is 6. The highest BCUT2D eigenvalue weighted by atomic mass is 19.4. The van der Waals surface area contributed by atoms with Crippen LogP contribution in [0.1, 0.15) is 49.1 Å². The van der Waals surface area contributed by atoms with E-state index in [1.54, 1.807) is 26.2 Å². The molecule has 8 nitrogen and oxygen atoms in total. The molecule has 3 heterocycles. The molecule has 0 bridgehead atoms. The van der Waals surface area contributed by atoms with Gasteiger partial charge < -0.3 is 19.9 Å². The van der Waals surface area contributed by atoms with Gasteiger partial charge in [0.1, 0.15) is 12.2 Å². The standard InChI is InChI=1S/C27H30F3N7O/c1-4-38-26-22(24(16-5-6-16)33-15-34-26)23(31)19-13-37(12-11-20(19)32-2)18-9-7-17(8-10-18)25-35-21(14-36(25)3)27(28,29)30/h7-10,14-16H,4-6,11-13,31H2,1-3H3/b23-19-,32-20?. The molecule has 2 aliphatic rings. The minimum atomic E-state index is -4.49. The van der Waals surface area contributed by atoms with Crippen molar-refractivity contribution in [3.63, 3.8) is 0 Å². The van der Waals surface area contributed by atoms with Crippen LogP contribution in [0.5, 0.6) is 5.88 Å². The molecule has 3 aromatic rings. The summed E-state index contributed by atoms with van der Waals surface area (Å²) in [4.78, 5) is 19.4. The molecule has 200 valence electrons. The molecule has 1 saturated heterocycles. The van der Waals surface area contributed by atoms with Crippen LogP contribution in [0.2, 0.25) is 0 Å². The number of aromatic nitrogens is 4. The van der Waals surface area contributed by atoms with Crippen molar-refractivity contribution in [2.75, 3.05) is 31.6 Å². The zero-order chi connectivity index (χ0) is 27.0. The lowest BCUT2D eigenvalue weighted by molar-refractivity contribution is -0.140. The second kappa shape index (κ2) is 10.1. The Balaban J connectivity index is 1.47. The average molecular weight is 526 g/mol. The molecular formula is C27H30F3N7O. The van der Waals surface area contributed by atoms with E-state index in [1.807, 2.05) is 19.1 Å². The summed E-state index contributed by atoms with van der Waals surface area (Å²) in [6, 6.07) is 7.37. The number of anilines is 1. The van der Waals surface area contributed by atoms with Crippen molar-refractivity contribution < 1.29 is 17.9 Å². The molecule has 11 heteroatoms. The Morgan fingerprint density at radius 1 is 1.18 bits per heavy atom. The largest absolute Gasteiger partial charge is 0.477 e. The van der Waals surface area contributed by atoms with Crippen LogP contribution in [-0.4, -0.2) is 52.0 Å². The number of aryl methyl sites for hydroxylation is 1. The van der Waals surface area contributed by atoms with Gasteiger partial charge in [0.15, 0.2) is 5.69 Å². The first kappa shape index (κ1) is 25.7. The minimum absolute atomic E-state index is 0.257. The molecule has 0 radical (unpaired) electrons. The van der Waals surface area contributed by atoms with Gasteiger partial charge in [0.05, 0.1) is 23.6 Å². The molecule has 0 spiro atoms. The monoisotopic (exact) mass is 525 g/mol. The van der Waals surface area contributed by atoms with E-state index < -0.39 is 11.9 Å². The van der Waals surface area contributed by atoms with Gasteiger partial charge in [-0.2, -0.15) is 13.2 Å². The number of alkyl halides is 3. The molecule has 2 N–H and O–H groups in total. The molecule has 0 amide bonds. The van der Waals surface area contributed by atoms with Gasteiger partial charge in [-0.1, -0.05) is 0 Å².